The van der Waals surface area contributed by atoms with Gasteiger partial charge in [-0.15, -0.1) is 0 Å². The second-order valence-corrected chi connectivity index (χ2v) is 4.01. The Morgan fingerprint density at radius 1 is 1.47 bits per heavy atom. The topological polar surface area (TPSA) is 42.2 Å². The van der Waals surface area contributed by atoms with Crippen LogP contribution in [0, 0.1) is 6.92 Å². The zero-order valence-electron chi connectivity index (χ0n) is 8.41. The number of fused-ring (bicyclic) bond motifs is 1. The minimum absolute atomic E-state index is 0.248. The largest absolute Gasteiger partial charge is 0.478 e. The summed E-state index contributed by atoms with van der Waals surface area (Å²) in [5, 5.41) is 10.1. The second-order valence-electron chi connectivity index (χ2n) is 3.60. The summed E-state index contributed by atoms with van der Waals surface area (Å²) in [7, 11) is 1.81. The summed E-state index contributed by atoms with van der Waals surface area (Å²) in [5.74, 6) is -0.952. The highest BCUT2D eigenvalue weighted by Gasteiger charge is 2.15. The molecule has 0 saturated heterocycles. The predicted molar refractivity (Wildman–Crippen MR) is 59.6 cm³/mol. The van der Waals surface area contributed by atoms with Gasteiger partial charge in [0.05, 0.1) is 16.1 Å². The zero-order valence-corrected chi connectivity index (χ0v) is 9.17. The molecule has 4 heteroatoms. The Morgan fingerprint density at radius 2 is 2.13 bits per heavy atom. The van der Waals surface area contributed by atoms with Crippen LogP contribution in [0.25, 0.3) is 10.9 Å². The Kier molecular flexibility index (Phi) is 2.20. The normalized spacial score (nSPS) is 10.9. The maximum absolute atomic E-state index is 11.0. The molecule has 1 aromatic heterocycles. The van der Waals surface area contributed by atoms with Gasteiger partial charge >= 0.3 is 5.97 Å². The lowest BCUT2D eigenvalue weighted by molar-refractivity contribution is 0.0699. The second kappa shape index (κ2) is 3.28. The fourth-order valence-electron chi connectivity index (χ4n) is 1.76. The molecule has 3 nitrogen and oxygen atoms in total. The van der Waals surface area contributed by atoms with E-state index in [-0.39, 0.29) is 5.56 Å². The van der Waals surface area contributed by atoms with Gasteiger partial charge in [0.25, 0.3) is 0 Å². The Labute approximate surface area is 91.9 Å². The summed E-state index contributed by atoms with van der Waals surface area (Å²) in [5.41, 5.74) is 2.11. The summed E-state index contributed by atoms with van der Waals surface area (Å²) < 4.78 is 1.78. The number of nitrogens with zero attached hydrogens (tertiary/aromatic N) is 1. The molecular weight excluding hydrogens is 214 g/mol. The third-order valence-electron chi connectivity index (χ3n) is 2.42. The van der Waals surface area contributed by atoms with Crippen molar-refractivity contribution in [3.05, 3.63) is 34.5 Å². The highest BCUT2D eigenvalue weighted by Crippen LogP contribution is 2.29. The van der Waals surface area contributed by atoms with E-state index in [0.717, 1.165) is 11.1 Å². The van der Waals surface area contributed by atoms with Gasteiger partial charge in [0.2, 0.25) is 0 Å². The fourth-order valence-corrected chi connectivity index (χ4v) is 2.13. The molecule has 0 aliphatic rings. The van der Waals surface area contributed by atoms with E-state index in [2.05, 4.69) is 0 Å². The molecule has 0 spiro atoms. The minimum atomic E-state index is -0.952. The van der Waals surface area contributed by atoms with Crippen LogP contribution in [-0.4, -0.2) is 15.6 Å². The molecule has 1 N–H and O–H groups in total. The lowest BCUT2D eigenvalue weighted by Crippen LogP contribution is -1.94. The smallest absolute Gasteiger partial charge is 0.337 e. The molecule has 0 atom stereocenters. The number of carbonyl (C=O) groups is 1. The molecule has 2 aromatic rings. The van der Waals surface area contributed by atoms with Crippen molar-refractivity contribution in [1.82, 2.24) is 4.57 Å². The van der Waals surface area contributed by atoms with Gasteiger partial charge in [-0.3, -0.25) is 0 Å². The van der Waals surface area contributed by atoms with Gasteiger partial charge in [0.15, 0.2) is 0 Å². The lowest BCUT2D eigenvalue weighted by atomic mass is 10.1. The number of halogens is 1. The monoisotopic (exact) mass is 223 g/mol. The van der Waals surface area contributed by atoms with Gasteiger partial charge in [-0.05, 0) is 24.6 Å². The van der Waals surface area contributed by atoms with E-state index in [1.165, 1.54) is 0 Å². The van der Waals surface area contributed by atoms with E-state index in [9.17, 15) is 4.79 Å². The Bertz CT molecular complexity index is 557. The summed E-state index contributed by atoms with van der Waals surface area (Å²) in [6, 6.07) is 3.70. The van der Waals surface area contributed by atoms with Crippen molar-refractivity contribution in [3.8, 4) is 0 Å². The average Bonchev–Trinajstić information content (AvgIpc) is 2.44. The van der Waals surface area contributed by atoms with Crippen molar-refractivity contribution in [2.45, 2.75) is 6.92 Å². The molecule has 78 valence electrons. The maximum atomic E-state index is 11.0. The third kappa shape index (κ3) is 1.49. The number of carboxylic acid groups (broad SMARTS) is 1. The van der Waals surface area contributed by atoms with Crippen LogP contribution in [0.2, 0.25) is 5.02 Å². The van der Waals surface area contributed by atoms with Crippen LogP contribution >= 0.6 is 11.6 Å². The first-order valence-electron chi connectivity index (χ1n) is 4.49. The van der Waals surface area contributed by atoms with Gasteiger partial charge in [-0.2, -0.15) is 0 Å². The zero-order chi connectivity index (χ0) is 11.2. The molecule has 1 aromatic carbocycles. The predicted octanol–water partition coefficient (Wildman–Crippen LogP) is 2.84. The first kappa shape index (κ1) is 10.1. The Morgan fingerprint density at radius 3 is 2.73 bits per heavy atom. The number of aryl methyl sites for hydroxylation is 2. The van der Waals surface area contributed by atoms with Crippen LogP contribution in [0.5, 0.6) is 0 Å². The molecular formula is C11H10ClNO2. The molecule has 0 fully saturated rings. The number of aromatic carboxylic acids is 1. The molecule has 0 bridgehead atoms. The molecule has 15 heavy (non-hydrogen) atoms. The van der Waals surface area contributed by atoms with Crippen molar-refractivity contribution in [1.29, 1.82) is 0 Å². The van der Waals surface area contributed by atoms with E-state index in [1.807, 2.05) is 20.0 Å². The van der Waals surface area contributed by atoms with Crippen LogP contribution in [0.4, 0.5) is 0 Å². The number of carboxylic acids is 1. The number of hydrogen-bond acceptors (Lipinski definition) is 1. The van der Waals surface area contributed by atoms with Crippen LogP contribution in [-0.2, 0) is 7.05 Å². The van der Waals surface area contributed by atoms with Gasteiger partial charge < -0.3 is 9.67 Å². The van der Waals surface area contributed by atoms with Gasteiger partial charge in [-0.1, -0.05) is 11.6 Å². The van der Waals surface area contributed by atoms with Crippen LogP contribution in [0.3, 0.4) is 0 Å². The Balaban J connectivity index is 2.93. The highest BCUT2D eigenvalue weighted by atomic mass is 35.5. The van der Waals surface area contributed by atoms with Crippen LogP contribution in [0.1, 0.15) is 15.9 Å². The molecule has 0 unspecified atom stereocenters. The van der Waals surface area contributed by atoms with Gasteiger partial charge in [-0.25, -0.2) is 4.79 Å². The van der Waals surface area contributed by atoms with Crippen LogP contribution in [0.15, 0.2) is 18.3 Å². The molecule has 0 aliphatic carbocycles. The first-order chi connectivity index (χ1) is 7.00. The summed E-state index contributed by atoms with van der Waals surface area (Å²) in [6.45, 7) is 1.93. The molecule has 0 saturated carbocycles. The number of benzene rings is 1. The van der Waals surface area contributed by atoms with E-state index >= 15 is 0 Å². The molecule has 1 heterocycles. The van der Waals surface area contributed by atoms with E-state index in [4.69, 9.17) is 16.7 Å². The lowest BCUT2D eigenvalue weighted by Gasteiger charge is -2.00. The molecule has 0 radical (unpaired) electrons. The van der Waals surface area contributed by atoms with E-state index in [0.29, 0.717) is 10.4 Å². The molecule has 0 aliphatic heterocycles. The van der Waals surface area contributed by atoms with E-state index < -0.39 is 5.97 Å². The Hall–Kier alpha value is -1.48. The van der Waals surface area contributed by atoms with Crippen LogP contribution < -0.4 is 0 Å². The maximum Gasteiger partial charge on any atom is 0.337 e. The number of hydrogen-bond donors (Lipinski definition) is 1. The van der Waals surface area contributed by atoms with Crippen molar-refractivity contribution in [2.24, 2.45) is 7.05 Å². The standard InChI is InChI=1S/C11H10ClNO2/c1-6-3-8(12)10-7(11(14)15)5-13(2)9(10)4-6/h3-5H,1-2H3,(H,14,15). The fraction of sp³-hybridized carbons (Fsp3) is 0.182. The number of rotatable bonds is 1. The van der Waals surface area contributed by atoms with Crippen molar-refractivity contribution in [2.75, 3.05) is 0 Å². The minimum Gasteiger partial charge on any atom is -0.478 e. The van der Waals surface area contributed by atoms with Gasteiger partial charge in [0, 0.05) is 18.6 Å². The molecule has 0 amide bonds. The first-order valence-corrected chi connectivity index (χ1v) is 4.87. The van der Waals surface area contributed by atoms with E-state index in [1.54, 1.807) is 16.8 Å². The highest BCUT2D eigenvalue weighted by molar-refractivity contribution is 6.36. The van der Waals surface area contributed by atoms with Crippen molar-refractivity contribution >= 4 is 28.5 Å². The molecule has 2 rings (SSSR count). The van der Waals surface area contributed by atoms with Crippen molar-refractivity contribution < 1.29 is 9.90 Å². The SMILES string of the molecule is Cc1cc(Cl)c2c(C(=O)O)cn(C)c2c1. The quantitative estimate of drug-likeness (QED) is 0.808. The summed E-state index contributed by atoms with van der Waals surface area (Å²) >= 11 is 6.05. The summed E-state index contributed by atoms with van der Waals surface area (Å²) in [6.07, 6.45) is 1.58. The average molecular weight is 224 g/mol. The number of aromatic nitrogens is 1. The van der Waals surface area contributed by atoms with Gasteiger partial charge in [0.1, 0.15) is 0 Å². The third-order valence-corrected chi connectivity index (χ3v) is 2.71. The summed E-state index contributed by atoms with van der Waals surface area (Å²) in [4.78, 5) is 11.0. The van der Waals surface area contributed by atoms with Crippen molar-refractivity contribution in [3.63, 3.8) is 0 Å².